The molecule has 3 aliphatic rings. The predicted octanol–water partition coefficient (Wildman–Crippen LogP) is 4.41. The van der Waals surface area contributed by atoms with E-state index in [1.54, 1.807) is 4.90 Å². The molecule has 1 saturated carbocycles. The number of likely N-dealkylation sites (tertiary alicyclic amines) is 1. The normalized spacial score (nSPS) is 23.7. The fraction of sp³-hybridized carbons (Fsp3) is 0.464. The number of carboxylic acid groups (broad SMARTS) is 1. The number of benzene rings is 2. The van der Waals surface area contributed by atoms with Crippen molar-refractivity contribution in [1.82, 2.24) is 10.2 Å². The van der Waals surface area contributed by atoms with Crippen molar-refractivity contribution >= 4 is 18.0 Å². The fourth-order valence-corrected chi connectivity index (χ4v) is 6.32. The van der Waals surface area contributed by atoms with Gasteiger partial charge < -0.3 is 20.1 Å². The molecule has 0 bridgehead atoms. The molecular formula is C28H32N2O5. The van der Waals surface area contributed by atoms with E-state index in [-0.39, 0.29) is 30.9 Å². The quantitative estimate of drug-likeness (QED) is 0.644. The highest BCUT2D eigenvalue weighted by Gasteiger charge is 2.54. The van der Waals surface area contributed by atoms with Crippen molar-refractivity contribution in [2.75, 3.05) is 19.7 Å². The van der Waals surface area contributed by atoms with Gasteiger partial charge in [0.15, 0.2) is 0 Å². The predicted molar refractivity (Wildman–Crippen MR) is 131 cm³/mol. The number of nitrogens with one attached hydrogen (secondary N) is 1. The van der Waals surface area contributed by atoms with Crippen LogP contribution in [-0.4, -0.2) is 53.7 Å². The van der Waals surface area contributed by atoms with E-state index in [1.165, 1.54) is 0 Å². The van der Waals surface area contributed by atoms with Crippen molar-refractivity contribution in [3.05, 3.63) is 59.7 Å². The van der Waals surface area contributed by atoms with E-state index in [4.69, 9.17) is 4.74 Å². The molecule has 1 saturated heterocycles. The largest absolute Gasteiger partial charge is 0.481 e. The Bertz CT molecular complexity index is 1100. The van der Waals surface area contributed by atoms with Crippen LogP contribution < -0.4 is 5.32 Å². The Morgan fingerprint density at radius 3 is 2.34 bits per heavy atom. The number of amides is 2. The summed E-state index contributed by atoms with van der Waals surface area (Å²) in [7, 11) is 0. The van der Waals surface area contributed by atoms with Gasteiger partial charge in [-0.25, -0.2) is 4.79 Å². The average Bonchev–Trinajstić information content (AvgIpc) is 3.43. The van der Waals surface area contributed by atoms with Crippen LogP contribution in [0.1, 0.15) is 56.1 Å². The van der Waals surface area contributed by atoms with Crippen LogP contribution in [-0.2, 0) is 14.3 Å². The van der Waals surface area contributed by atoms with Crippen LogP contribution >= 0.6 is 0 Å². The van der Waals surface area contributed by atoms with Gasteiger partial charge in [0.2, 0.25) is 5.91 Å². The van der Waals surface area contributed by atoms with Gasteiger partial charge in [0.25, 0.3) is 0 Å². The SMILES string of the molecule is CC[C@@H](NC(=O)OCC1c2ccccc2-c2ccccc21)C(=O)N1CC2CCCCC2(C(=O)O)C1. The molecule has 1 heterocycles. The highest BCUT2D eigenvalue weighted by Crippen LogP contribution is 2.47. The van der Waals surface area contributed by atoms with E-state index in [1.807, 2.05) is 31.2 Å². The maximum atomic E-state index is 13.3. The smallest absolute Gasteiger partial charge is 0.407 e. The van der Waals surface area contributed by atoms with Crippen LogP contribution in [0.25, 0.3) is 11.1 Å². The van der Waals surface area contributed by atoms with Crippen molar-refractivity contribution in [1.29, 1.82) is 0 Å². The van der Waals surface area contributed by atoms with Gasteiger partial charge in [-0.1, -0.05) is 68.3 Å². The molecule has 3 atom stereocenters. The second kappa shape index (κ2) is 9.36. The number of fused-ring (bicyclic) bond motifs is 4. The monoisotopic (exact) mass is 476 g/mol. The summed E-state index contributed by atoms with van der Waals surface area (Å²) in [6, 6.07) is 15.5. The van der Waals surface area contributed by atoms with Crippen LogP contribution in [0.4, 0.5) is 4.79 Å². The van der Waals surface area contributed by atoms with E-state index in [0.717, 1.165) is 41.5 Å². The molecule has 2 aromatic rings. The van der Waals surface area contributed by atoms with Crippen molar-refractivity contribution in [3.63, 3.8) is 0 Å². The Labute approximate surface area is 205 Å². The second-order valence-corrected chi connectivity index (χ2v) is 10.1. The molecule has 0 aromatic heterocycles. The van der Waals surface area contributed by atoms with Crippen molar-refractivity contribution in [3.8, 4) is 11.1 Å². The molecule has 35 heavy (non-hydrogen) atoms. The van der Waals surface area contributed by atoms with Crippen LogP contribution in [0.5, 0.6) is 0 Å². The first-order valence-electron chi connectivity index (χ1n) is 12.6. The Kier molecular flexibility index (Phi) is 6.26. The van der Waals surface area contributed by atoms with Crippen molar-refractivity contribution in [2.24, 2.45) is 11.3 Å². The van der Waals surface area contributed by atoms with Gasteiger partial charge in [-0.05, 0) is 47.4 Å². The molecule has 2 amide bonds. The Hall–Kier alpha value is -3.35. The summed E-state index contributed by atoms with van der Waals surface area (Å²) >= 11 is 0. The Morgan fingerprint density at radius 2 is 1.74 bits per heavy atom. The first-order valence-corrected chi connectivity index (χ1v) is 12.6. The second-order valence-electron chi connectivity index (χ2n) is 10.1. The molecule has 2 N–H and O–H groups in total. The lowest BCUT2D eigenvalue weighted by atomic mass is 9.68. The molecular weight excluding hydrogens is 444 g/mol. The van der Waals surface area contributed by atoms with E-state index in [0.29, 0.717) is 19.4 Å². The minimum Gasteiger partial charge on any atom is -0.481 e. The highest BCUT2D eigenvalue weighted by molar-refractivity contribution is 5.87. The lowest BCUT2D eigenvalue weighted by Gasteiger charge is -2.34. The number of aliphatic carboxylic acids is 1. The van der Waals surface area contributed by atoms with E-state index < -0.39 is 23.5 Å². The third-order valence-electron chi connectivity index (χ3n) is 8.20. The molecule has 0 spiro atoms. The van der Waals surface area contributed by atoms with Crippen LogP contribution in [0.2, 0.25) is 0 Å². The minimum absolute atomic E-state index is 0.0235. The molecule has 2 aliphatic carbocycles. The first-order chi connectivity index (χ1) is 16.9. The molecule has 7 heteroatoms. The molecule has 5 rings (SSSR count). The van der Waals surface area contributed by atoms with Gasteiger partial charge in [0.1, 0.15) is 12.6 Å². The van der Waals surface area contributed by atoms with E-state index in [9.17, 15) is 19.5 Å². The number of carbonyl (C=O) groups is 3. The Morgan fingerprint density at radius 1 is 1.09 bits per heavy atom. The summed E-state index contributed by atoms with van der Waals surface area (Å²) < 4.78 is 5.62. The summed E-state index contributed by atoms with van der Waals surface area (Å²) in [5.74, 6) is -1.11. The number of carboxylic acids is 1. The number of alkyl carbamates (subject to hydrolysis) is 1. The van der Waals surface area contributed by atoms with Crippen LogP contribution in [0.3, 0.4) is 0 Å². The molecule has 184 valence electrons. The molecule has 1 aliphatic heterocycles. The van der Waals surface area contributed by atoms with Gasteiger partial charge >= 0.3 is 12.1 Å². The summed E-state index contributed by atoms with van der Waals surface area (Å²) in [6.07, 6.45) is 3.08. The minimum atomic E-state index is -0.851. The number of carbonyl (C=O) groups excluding carboxylic acids is 2. The van der Waals surface area contributed by atoms with Crippen LogP contribution in [0.15, 0.2) is 48.5 Å². The first kappa shape index (κ1) is 23.4. The van der Waals surface area contributed by atoms with Crippen molar-refractivity contribution in [2.45, 2.75) is 51.0 Å². The lowest BCUT2D eigenvalue weighted by molar-refractivity contribution is -0.152. The summed E-state index contributed by atoms with van der Waals surface area (Å²) in [4.78, 5) is 39.7. The summed E-state index contributed by atoms with van der Waals surface area (Å²) in [5.41, 5.74) is 3.71. The zero-order valence-electron chi connectivity index (χ0n) is 20.0. The molecule has 0 radical (unpaired) electrons. The highest BCUT2D eigenvalue weighted by atomic mass is 16.5. The number of rotatable bonds is 6. The number of hydrogen-bond acceptors (Lipinski definition) is 4. The molecule has 7 nitrogen and oxygen atoms in total. The standard InChI is InChI=1S/C28H32N2O5/c1-2-24(25(31)30-15-18-9-7-8-14-28(18,17-30)26(32)33)29-27(34)35-16-23-21-12-5-3-10-19(21)20-11-4-6-13-22(20)23/h3-6,10-13,18,23-24H,2,7-9,14-17H2,1H3,(H,29,34)(H,32,33)/t18?,24-,28?/m1/s1. The van der Waals surface area contributed by atoms with Gasteiger partial charge in [-0.15, -0.1) is 0 Å². The molecule has 2 fully saturated rings. The summed E-state index contributed by atoms with van der Waals surface area (Å²) in [5, 5.41) is 12.7. The van der Waals surface area contributed by atoms with Crippen LogP contribution in [0, 0.1) is 11.3 Å². The topological polar surface area (TPSA) is 95.9 Å². The number of ether oxygens (including phenoxy) is 1. The molecule has 2 unspecified atom stereocenters. The number of hydrogen-bond donors (Lipinski definition) is 2. The van der Waals surface area contributed by atoms with E-state index in [2.05, 4.69) is 29.6 Å². The zero-order valence-corrected chi connectivity index (χ0v) is 20.0. The third-order valence-corrected chi connectivity index (χ3v) is 8.20. The van der Waals surface area contributed by atoms with Gasteiger partial charge in [0, 0.05) is 19.0 Å². The fourth-order valence-electron chi connectivity index (χ4n) is 6.32. The lowest BCUT2D eigenvalue weighted by Crippen LogP contribution is -2.49. The van der Waals surface area contributed by atoms with Crippen molar-refractivity contribution < 1.29 is 24.2 Å². The zero-order chi connectivity index (χ0) is 24.6. The average molecular weight is 477 g/mol. The summed E-state index contributed by atoms with van der Waals surface area (Å²) in [6.45, 7) is 2.67. The van der Waals surface area contributed by atoms with E-state index >= 15 is 0 Å². The maximum Gasteiger partial charge on any atom is 0.407 e. The molecule has 2 aromatic carbocycles. The Balaban J connectivity index is 1.23. The maximum absolute atomic E-state index is 13.3. The van der Waals surface area contributed by atoms with Gasteiger partial charge in [0.05, 0.1) is 5.41 Å². The van der Waals surface area contributed by atoms with Gasteiger partial charge in [-0.3, -0.25) is 9.59 Å². The number of nitrogens with zero attached hydrogens (tertiary/aromatic N) is 1. The van der Waals surface area contributed by atoms with Gasteiger partial charge in [-0.2, -0.15) is 0 Å². The third kappa shape index (κ3) is 4.07.